The van der Waals surface area contributed by atoms with E-state index in [4.69, 9.17) is 4.74 Å². The zero-order valence-corrected chi connectivity index (χ0v) is 12.3. The third-order valence-corrected chi connectivity index (χ3v) is 2.81. The van der Waals surface area contributed by atoms with Gasteiger partial charge in [-0.1, -0.05) is 25.1 Å². The van der Waals surface area contributed by atoms with Crippen LogP contribution in [0.1, 0.15) is 13.8 Å². The molecular weight excluding hydrogens is 240 g/mol. The summed E-state index contributed by atoms with van der Waals surface area (Å²) >= 11 is 0. The van der Waals surface area contributed by atoms with Crippen LogP contribution in [0.25, 0.3) is 0 Å². The van der Waals surface area contributed by atoms with E-state index in [1.807, 2.05) is 30.3 Å². The lowest BCUT2D eigenvalue weighted by molar-refractivity contribution is -0.861. The molecule has 2 N–H and O–H groups in total. The van der Waals surface area contributed by atoms with Crippen LogP contribution in [0.4, 0.5) is 0 Å². The lowest BCUT2D eigenvalue weighted by Crippen LogP contribution is -3.06. The zero-order chi connectivity index (χ0) is 14.3. The van der Waals surface area contributed by atoms with Crippen LogP contribution < -0.4 is 15.0 Å². The van der Waals surface area contributed by atoms with Crippen molar-refractivity contribution in [2.45, 2.75) is 20.0 Å². The Hall–Kier alpha value is -1.55. The first-order chi connectivity index (χ1) is 8.99. The molecule has 0 saturated heterocycles. The second kappa shape index (κ2) is 7.79. The van der Waals surface area contributed by atoms with Gasteiger partial charge in [0.15, 0.2) is 6.10 Å². The maximum atomic E-state index is 11.9. The number of benzene rings is 1. The fourth-order valence-electron chi connectivity index (χ4n) is 1.94. The van der Waals surface area contributed by atoms with Gasteiger partial charge in [0.1, 0.15) is 5.75 Å². The number of quaternary nitrogens is 1. The first kappa shape index (κ1) is 15.5. The van der Waals surface area contributed by atoms with Crippen LogP contribution in [0.2, 0.25) is 0 Å². The number of ether oxygens (including phenoxy) is 1. The Bertz CT molecular complexity index is 379. The summed E-state index contributed by atoms with van der Waals surface area (Å²) < 4.78 is 5.57. The zero-order valence-electron chi connectivity index (χ0n) is 12.3. The van der Waals surface area contributed by atoms with E-state index in [-0.39, 0.29) is 5.91 Å². The topological polar surface area (TPSA) is 42.8 Å². The summed E-state index contributed by atoms with van der Waals surface area (Å²) in [5.41, 5.74) is 0. The highest BCUT2D eigenvalue weighted by molar-refractivity contribution is 5.80. The van der Waals surface area contributed by atoms with Crippen LogP contribution in [0.15, 0.2) is 30.3 Å². The normalized spacial score (nSPS) is 13.9. The fraction of sp³-hybridized carbons (Fsp3) is 0.533. The van der Waals surface area contributed by atoms with Crippen molar-refractivity contribution in [2.75, 3.05) is 27.2 Å². The maximum Gasteiger partial charge on any atom is 0.260 e. The number of para-hydroxylation sites is 1. The summed E-state index contributed by atoms with van der Waals surface area (Å²) in [6.07, 6.45) is -0.471. The maximum absolute atomic E-state index is 11.9. The van der Waals surface area contributed by atoms with Crippen molar-refractivity contribution in [2.24, 2.45) is 5.92 Å². The molecular formula is C15H25N2O2+. The molecule has 0 aliphatic carbocycles. The minimum absolute atomic E-state index is 0.0653. The van der Waals surface area contributed by atoms with Crippen molar-refractivity contribution in [1.82, 2.24) is 5.32 Å². The number of carbonyl (C=O) groups excluding carboxylic acids is 1. The van der Waals surface area contributed by atoms with Crippen molar-refractivity contribution in [3.05, 3.63) is 30.3 Å². The van der Waals surface area contributed by atoms with Crippen molar-refractivity contribution < 1.29 is 14.4 Å². The highest BCUT2D eigenvalue weighted by atomic mass is 16.5. The Morgan fingerprint density at radius 1 is 1.26 bits per heavy atom. The number of hydrogen-bond acceptors (Lipinski definition) is 2. The van der Waals surface area contributed by atoms with E-state index in [1.165, 1.54) is 4.90 Å². The van der Waals surface area contributed by atoms with E-state index in [9.17, 15) is 4.79 Å². The van der Waals surface area contributed by atoms with Crippen LogP contribution in [0.5, 0.6) is 5.75 Å². The second-order valence-electron chi connectivity index (χ2n) is 5.33. The first-order valence-corrected chi connectivity index (χ1v) is 6.77. The largest absolute Gasteiger partial charge is 0.481 e. The van der Waals surface area contributed by atoms with Crippen LogP contribution in [-0.4, -0.2) is 39.2 Å². The number of carbonyl (C=O) groups is 1. The molecule has 0 fully saturated rings. The molecule has 4 nitrogen and oxygen atoms in total. The Morgan fingerprint density at radius 3 is 2.47 bits per heavy atom. The van der Waals surface area contributed by atoms with Crippen molar-refractivity contribution in [1.29, 1.82) is 0 Å². The van der Waals surface area contributed by atoms with E-state index in [2.05, 4.69) is 26.3 Å². The third-order valence-electron chi connectivity index (χ3n) is 2.81. The molecule has 0 saturated carbocycles. The van der Waals surface area contributed by atoms with Crippen molar-refractivity contribution in [3.63, 3.8) is 0 Å². The van der Waals surface area contributed by atoms with Gasteiger partial charge in [0, 0.05) is 12.5 Å². The van der Waals surface area contributed by atoms with Gasteiger partial charge in [-0.3, -0.25) is 4.79 Å². The molecule has 0 aliphatic heterocycles. The lowest BCUT2D eigenvalue weighted by atomic mass is 10.1. The molecule has 1 amide bonds. The average Bonchev–Trinajstić information content (AvgIpc) is 2.36. The predicted octanol–water partition coefficient (Wildman–Crippen LogP) is 0.351. The summed E-state index contributed by atoms with van der Waals surface area (Å²) in [5.74, 6) is 1.11. The minimum atomic E-state index is -0.471. The summed E-state index contributed by atoms with van der Waals surface area (Å²) in [6.45, 7) is 5.63. The van der Waals surface area contributed by atoms with Crippen molar-refractivity contribution >= 4 is 5.91 Å². The number of amides is 1. The average molecular weight is 265 g/mol. The molecule has 106 valence electrons. The van der Waals surface area contributed by atoms with E-state index in [0.29, 0.717) is 12.5 Å². The van der Waals surface area contributed by atoms with E-state index >= 15 is 0 Å². The summed E-state index contributed by atoms with van der Waals surface area (Å²) in [7, 11) is 4.22. The first-order valence-electron chi connectivity index (χ1n) is 6.77. The molecule has 1 aromatic rings. The number of rotatable bonds is 7. The molecule has 19 heavy (non-hydrogen) atoms. The molecule has 2 atom stereocenters. The molecule has 0 spiro atoms. The number of hydrogen-bond donors (Lipinski definition) is 2. The van der Waals surface area contributed by atoms with Gasteiger partial charge in [0.25, 0.3) is 5.91 Å². The van der Waals surface area contributed by atoms with Crippen molar-refractivity contribution in [3.8, 4) is 5.75 Å². The van der Waals surface area contributed by atoms with Crippen LogP contribution in [0.3, 0.4) is 0 Å². The molecule has 0 aromatic heterocycles. The molecule has 4 heteroatoms. The molecule has 0 bridgehead atoms. The smallest absolute Gasteiger partial charge is 0.260 e. The van der Waals surface area contributed by atoms with Gasteiger partial charge in [0.05, 0.1) is 20.6 Å². The third kappa shape index (κ3) is 6.25. The molecule has 0 radical (unpaired) electrons. The molecule has 1 rings (SSSR count). The minimum Gasteiger partial charge on any atom is -0.481 e. The van der Waals surface area contributed by atoms with Gasteiger partial charge in [-0.2, -0.15) is 0 Å². The Balaban J connectivity index is 2.33. The quantitative estimate of drug-likeness (QED) is 0.747. The number of nitrogens with one attached hydrogen (secondary N) is 2. The second-order valence-corrected chi connectivity index (χ2v) is 5.33. The highest BCUT2D eigenvalue weighted by Crippen LogP contribution is 2.10. The monoisotopic (exact) mass is 265 g/mol. The van der Waals surface area contributed by atoms with Crippen LogP contribution in [0, 0.1) is 5.92 Å². The molecule has 0 heterocycles. The molecule has 1 aromatic carbocycles. The van der Waals surface area contributed by atoms with Gasteiger partial charge in [0.2, 0.25) is 0 Å². The standard InChI is InChI=1S/C15H24N2O2/c1-12(11-17(3)4)10-16-15(18)13(2)19-14-8-6-5-7-9-14/h5-9,12-13H,10-11H2,1-4H3,(H,16,18)/p+1/t12-,13+/m0/s1. The van der Waals surface area contributed by atoms with E-state index in [1.54, 1.807) is 6.92 Å². The lowest BCUT2D eigenvalue weighted by Gasteiger charge is -2.18. The van der Waals surface area contributed by atoms with Gasteiger partial charge >= 0.3 is 0 Å². The molecule has 0 aliphatic rings. The van der Waals surface area contributed by atoms with Gasteiger partial charge in [-0.25, -0.2) is 0 Å². The predicted molar refractivity (Wildman–Crippen MR) is 76.4 cm³/mol. The van der Waals surface area contributed by atoms with Crippen LogP contribution >= 0.6 is 0 Å². The molecule has 0 unspecified atom stereocenters. The fourth-order valence-corrected chi connectivity index (χ4v) is 1.94. The Morgan fingerprint density at radius 2 is 1.89 bits per heavy atom. The summed E-state index contributed by atoms with van der Waals surface area (Å²) in [6, 6.07) is 9.40. The van der Waals surface area contributed by atoms with E-state index in [0.717, 1.165) is 12.3 Å². The SMILES string of the molecule is C[C@@H](CNC(=O)[C@@H](C)Oc1ccccc1)C[NH+](C)C. The Kier molecular flexibility index (Phi) is 6.36. The summed E-state index contributed by atoms with van der Waals surface area (Å²) in [4.78, 5) is 13.3. The highest BCUT2D eigenvalue weighted by Gasteiger charge is 2.15. The van der Waals surface area contributed by atoms with Gasteiger partial charge in [-0.05, 0) is 19.1 Å². The Labute approximate surface area is 115 Å². The summed E-state index contributed by atoms with van der Waals surface area (Å²) in [5, 5.41) is 2.93. The van der Waals surface area contributed by atoms with E-state index < -0.39 is 6.10 Å². The van der Waals surface area contributed by atoms with Gasteiger partial charge < -0.3 is 15.0 Å². The van der Waals surface area contributed by atoms with Gasteiger partial charge in [-0.15, -0.1) is 0 Å². The van der Waals surface area contributed by atoms with Crippen LogP contribution in [-0.2, 0) is 4.79 Å².